The fraction of sp³-hybridized carbons (Fsp3) is 0.158. The van der Waals surface area contributed by atoms with Gasteiger partial charge in [-0.05, 0) is 47.5 Å². The molecule has 0 aliphatic rings. The van der Waals surface area contributed by atoms with Crippen molar-refractivity contribution in [2.45, 2.75) is 19.8 Å². The van der Waals surface area contributed by atoms with Gasteiger partial charge in [-0.1, -0.05) is 24.3 Å². The molecule has 2 nitrogen and oxygen atoms in total. The molecule has 1 heterocycles. The molecule has 0 bridgehead atoms. The summed E-state index contributed by atoms with van der Waals surface area (Å²) in [5, 5.41) is 3.10. The molecule has 0 aliphatic carbocycles. The van der Waals surface area contributed by atoms with E-state index in [0.29, 0.717) is 11.1 Å². The number of carbonyl (C=O) groups is 2. The monoisotopic (exact) mass is 308 g/mol. The number of hydrogen-bond acceptors (Lipinski definition) is 3. The lowest BCUT2D eigenvalue weighted by Crippen LogP contribution is -2.06. The Balaban J connectivity index is 1.69. The molecule has 0 amide bonds. The van der Waals surface area contributed by atoms with Crippen molar-refractivity contribution in [2.24, 2.45) is 0 Å². The first-order chi connectivity index (χ1) is 10.6. The molecular weight excluding hydrogens is 292 g/mol. The Hall–Kier alpha value is -2.26. The SMILES string of the molecule is Cc1ccccc1C(=O)CCC(=O)c1ccc2sccc2c1. The molecule has 2 aromatic carbocycles. The fourth-order valence-electron chi connectivity index (χ4n) is 2.53. The third kappa shape index (κ3) is 3.00. The van der Waals surface area contributed by atoms with Crippen LogP contribution in [0.5, 0.6) is 0 Å². The summed E-state index contributed by atoms with van der Waals surface area (Å²) in [6.45, 7) is 1.92. The predicted octanol–water partition coefficient (Wildman–Crippen LogP) is 5.06. The number of carbonyl (C=O) groups excluding carboxylic acids is 2. The van der Waals surface area contributed by atoms with E-state index in [1.165, 1.54) is 4.70 Å². The van der Waals surface area contributed by atoms with Gasteiger partial charge in [0.15, 0.2) is 11.6 Å². The smallest absolute Gasteiger partial charge is 0.163 e. The van der Waals surface area contributed by atoms with E-state index in [1.54, 1.807) is 11.3 Å². The molecule has 0 spiro atoms. The molecule has 3 aromatic rings. The molecule has 0 saturated heterocycles. The number of ketones is 2. The Labute approximate surface area is 133 Å². The molecule has 0 N–H and O–H groups in total. The number of hydrogen-bond donors (Lipinski definition) is 0. The zero-order valence-electron chi connectivity index (χ0n) is 12.3. The average Bonchev–Trinajstić information content (AvgIpc) is 3.00. The molecule has 3 rings (SSSR count). The maximum absolute atomic E-state index is 12.3. The molecular formula is C19H16O2S. The first-order valence-electron chi connectivity index (χ1n) is 7.24. The Morgan fingerprint density at radius 3 is 2.55 bits per heavy atom. The van der Waals surface area contributed by atoms with E-state index >= 15 is 0 Å². The summed E-state index contributed by atoms with van der Waals surface area (Å²) >= 11 is 1.66. The standard InChI is InChI=1S/C19H16O2S/c1-13-4-2-3-5-16(13)18(21)8-7-17(20)14-6-9-19-15(12-14)10-11-22-19/h2-6,9-12H,7-8H2,1H3. The number of fused-ring (bicyclic) bond motifs is 1. The maximum Gasteiger partial charge on any atom is 0.163 e. The Morgan fingerprint density at radius 1 is 0.955 bits per heavy atom. The minimum Gasteiger partial charge on any atom is -0.294 e. The van der Waals surface area contributed by atoms with Crippen LogP contribution in [0, 0.1) is 6.92 Å². The highest BCUT2D eigenvalue weighted by Gasteiger charge is 2.13. The van der Waals surface area contributed by atoms with Gasteiger partial charge in [0.05, 0.1) is 0 Å². The van der Waals surface area contributed by atoms with E-state index < -0.39 is 0 Å². The highest BCUT2D eigenvalue weighted by Crippen LogP contribution is 2.22. The minimum absolute atomic E-state index is 0.0232. The van der Waals surface area contributed by atoms with Crippen LogP contribution in [0.25, 0.3) is 10.1 Å². The van der Waals surface area contributed by atoms with E-state index in [0.717, 1.165) is 10.9 Å². The second-order valence-corrected chi connectivity index (χ2v) is 6.28. The second-order valence-electron chi connectivity index (χ2n) is 5.33. The highest BCUT2D eigenvalue weighted by molar-refractivity contribution is 7.17. The Bertz CT molecular complexity index is 845. The van der Waals surface area contributed by atoms with Crippen LogP contribution in [-0.2, 0) is 0 Å². The van der Waals surface area contributed by atoms with Crippen LogP contribution in [0.3, 0.4) is 0 Å². The van der Waals surface area contributed by atoms with Crippen LogP contribution < -0.4 is 0 Å². The fourth-order valence-corrected chi connectivity index (χ4v) is 3.30. The summed E-state index contributed by atoms with van der Waals surface area (Å²) < 4.78 is 1.17. The first kappa shape index (κ1) is 14.7. The van der Waals surface area contributed by atoms with Crippen molar-refractivity contribution in [3.05, 3.63) is 70.6 Å². The molecule has 0 aliphatic heterocycles. The van der Waals surface area contributed by atoms with Crippen molar-refractivity contribution in [3.8, 4) is 0 Å². The van der Waals surface area contributed by atoms with Crippen LogP contribution >= 0.6 is 11.3 Å². The minimum atomic E-state index is 0.0232. The van der Waals surface area contributed by atoms with E-state index in [9.17, 15) is 9.59 Å². The van der Waals surface area contributed by atoms with Crippen molar-refractivity contribution >= 4 is 33.0 Å². The van der Waals surface area contributed by atoms with Gasteiger partial charge in [-0.25, -0.2) is 0 Å². The summed E-state index contributed by atoms with van der Waals surface area (Å²) in [5.41, 5.74) is 2.35. The molecule has 3 heteroatoms. The van der Waals surface area contributed by atoms with E-state index in [-0.39, 0.29) is 24.4 Å². The van der Waals surface area contributed by atoms with Crippen LogP contribution in [-0.4, -0.2) is 11.6 Å². The van der Waals surface area contributed by atoms with Gasteiger partial charge in [-0.2, -0.15) is 0 Å². The van der Waals surface area contributed by atoms with Crippen LogP contribution in [0.2, 0.25) is 0 Å². The molecule has 0 unspecified atom stereocenters. The summed E-state index contributed by atoms with van der Waals surface area (Å²) in [7, 11) is 0. The third-order valence-electron chi connectivity index (χ3n) is 3.80. The van der Waals surface area contributed by atoms with Gasteiger partial charge < -0.3 is 0 Å². The van der Waals surface area contributed by atoms with Gasteiger partial charge >= 0.3 is 0 Å². The lowest BCUT2D eigenvalue weighted by Gasteiger charge is -2.05. The number of thiophene rings is 1. The van der Waals surface area contributed by atoms with E-state index in [1.807, 2.05) is 60.8 Å². The lowest BCUT2D eigenvalue weighted by atomic mass is 9.98. The van der Waals surface area contributed by atoms with Crippen molar-refractivity contribution in [1.29, 1.82) is 0 Å². The predicted molar refractivity (Wildman–Crippen MR) is 90.9 cm³/mol. The van der Waals surface area contributed by atoms with Crippen LogP contribution in [0.1, 0.15) is 39.1 Å². The zero-order valence-corrected chi connectivity index (χ0v) is 13.2. The van der Waals surface area contributed by atoms with E-state index in [2.05, 4.69) is 0 Å². The number of aryl methyl sites for hydroxylation is 1. The highest BCUT2D eigenvalue weighted by atomic mass is 32.1. The zero-order chi connectivity index (χ0) is 15.5. The van der Waals surface area contributed by atoms with Crippen molar-refractivity contribution in [2.75, 3.05) is 0 Å². The van der Waals surface area contributed by atoms with Gasteiger partial charge in [0.25, 0.3) is 0 Å². The number of rotatable bonds is 5. The summed E-state index contributed by atoms with van der Waals surface area (Å²) in [5.74, 6) is 0.0538. The topological polar surface area (TPSA) is 34.1 Å². The molecule has 110 valence electrons. The van der Waals surface area contributed by atoms with Crippen molar-refractivity contribution in [1.82, 2.24) is 0 Å². The molecule has 0 fully saturated rings. The van der Waals surface area contributed by atoms with Crippen LogP contribution in [0.4, 0.5) is 0 Å². The molecule has 1 aromatic heterocycles. The van der Waals surface area contributed by atoms with Crippen LogP contribution in [0.15, 0.2) is 53.9 Å². The average molecular weight is 308 g/mol. The summed E-state index contributed by atoms with van der Waals surface area (Å²) in [6.07, 6.45) is 0.508. The largest absolute Gasteiger partial charge is 0.294 e. The first-order valence-corrected chi connectivity index (χ1v) is 8.12. The summed E-state index contributed by atoms with van der Waals surface area (Å²) in [4.78, 5) is 24.5. The number of benzene rings is 2. The Kier molecular flexibility index (Phi) is 4.16. The van der Waals surface area contributed by atoms with Gasteiger partial charge in [-0.3, -0.25) is 9.59 Å². The maximum atomic E-state index is 12.3. The van der Waals surface area contributed by atoms with E-state index in [4.69, 9.17) is 0 Å². The quantitative estimate of drug-likeness (QED) is 0.618. The van der Waals surface area contributed by atoms with Gasteiger partial charge in [0.1, 0.15) is 0 Å². The Morgan fingerprint density at radius 2 is 1.73 bits per heavy atom. The second kappa shape index (κ2) is 6.24. The van der Waals surface area contributed by atoms with Gasteiger partial charge in [-0.15, -0.1) is 11.3 Å². The molecule has 0 radical (unpaired) electrons. The number of Topliss-reactive ketones (excluding diaryl/α,β-unsaturated/α-hetero) is 2. The lowest BCUT2D eigenvalue weighted by molar-refractivity contribution is 0.0917. The van der Waals surface area contributed by atoms with Gasteiger partial charge in [0.2, 0.25) is 0 Å². The van der Waals surface area contributed by atoms with Gasteiger partial charge in [0, 0.05) is 28.7 Å². The molecule has 0 saturated carbocycles. The third-order valence-corrected chi connectivity index (χ3v) is 4.70. The van der Waals surface area contributed by atoms with Crippen molar-refractivity contribution < 1.29 is 9.59 Å². The molecule has 22 heavy (non-hydrogen) atoms. The van der Waals surface area contributed by atoms with Crippen molar-refractivity contribution in [3.63, 3.8) is 0 Å². The summed E-state index contributed by atoms with van der Waals surface area (Å²) in [6, 6.07) is 15.2. The normalized spacial score (nSPS) is 10.8. The molecule has 0 atom stereocenters.